The van der Waals surface area contributed by atoms with E-state index in [0.717, 1.165) is 12.0 Å². The molecule has 1 aliphatic rings. The Morgan fingerprint density at radius 2 is 2.04 bits per heavy atom. The van der Waals surface area contributed by atoms with Gasteiger partial charge in [0, 0.05) is 19.0 Å². The van der Waals surface area contributed by atoms with Crippen LogP contribution in [0.4, 0.5) is 4.79 Å². The van der Waals surface area contributed by atoms with E-state index < -0.39 is 6.10 Å². The summed E-state index contributed by atoms with van der Waals surface area (Å²) in [6, 6.07) is 10.2. The van der Waals surface area contributed by atoms with Gasteiger partial charge in [0.25, 0.3) is 0 Å². The van der Waals surface area contributed by atoms with Crippen LogP contribution in [0.15, 0.2) is 30.3 Å². The minimum atomic E-state index is -0.404. The molecule has 1 aromatic carbocycles. The minimum absolute atomic E-state index is 0.0273. The maximum absolute atomic E-state index is 12.7. The lowest BCUT2D eigenvalue weighted by molar-refractivity contribution is 0.00548. The van der Waals surface area contributed by atoms with Crippen molar-refractivity contribution in [3.8, 4) is 0 Å². The molecule has 1 aliphatic heterocycles. The van der Waals surface area contributed by atoms with Gasteiger partial charge in [-0.2, -0.15) is 0 Å². The average molecular weight is 348 g/mol. The van der Waals surface area contributed by atoms with Crippen LogP contribution in [0.5, 0.6) is 0 Å². The third-order valence-electron chi connectivity index (χ3n) is 4.63. The van der Waals surface area contributed by atoms with E-state index in [1.807, 2.05) is 23.1 Å². The maximum atomic E-state index is 12.7. The summed E-state index contributed by atoms with van der Waals surface area (Å²) in [5.74, 6) is 0.629. The average Bonchev–Trinajstić information content (AvgIpc) is 2.58. The van der Waals surface area contributed by atoms with Crippen molar-refractivity contribution in [1.29, 1.82) is 0 Å². The number of morpholine rings is 1. The summed E-state index contributed by atoms with van der Waals surface area (Å²) in [4.78, 5) is 14.6. The predicted octanol–water partition coefficient (Wildman–Crippen LogP) is 3.00. The molecule has 1 heterocycles. The number of hydrogen-bond donors (Lipinski definition) is 2. The third kappa shape index (κ3) is 6.33. The first-order chi connectivity index (χ1) is 12.0. The molecule has 5 nitrogen and oxygen atoms in total. The lowest BCUT2D eigenvalue weighted by Gasteiger charge is -2.37. The van der Waals surface area contributed by atoms with Gasteiger partial charge in [-0.3, -0.25) is 0 Å². The molecule has 2 N–H and O–H groups in total. The monoisotopic (exact) mass is 348 g/mol. The predicted molar refractivity (Wildman–Crippen MR) is 99.6 cm³/mol. The van der Waals surface area contributed by atoms with Gasteiger partial charge in [0.15, 0.2) is 0 Å². The number of aliphatic hydroxyl groups is 1. The number of benzene rings is 1. The van der Waals surface area contributed by atoms with Crippen LogP contribution in [-0.2, 0) is 4.74 Å². The molecule has 0 radical (unpaired) electrons. The summed E-state index contributed by atoms with van der Waals surface area (Å²) < 4.78 is 5.56. The van der Waals surface area contributed by atoms with Crippen molar-refractivity contribution in [2.45, 2.75) is 51.7 Å². The van der Waals surface area contributed by atoms with E-state index in [1.54, 1.807) is 6.92 Å². The van der Waals surface area contributed by atoms with E-state index in [9.17, 15) is 9.90 Å². The Kier molecular flexibility index (Phi) is 7.72. The van der Waals surface area contributed by atoms with Gasteiger partial charge < -0.3 is 20.1 Å². The van der Waals surface area contributed by atoms with E-state index in [-0.39, 0.29) is 18.0 Å². The molecule has 0 spiro atoms. The van der Waals surface area contributed by atoms with Crippen molar-refractivity contribution in [2.24, 2.45) is 5.92 Å². The summed E-state index contributed by atoms with van der Waals surface area (Å²) in [7, 11) is 0. The maximum Gasteiger partial charge on any atom is 0.317 e. The fraction of sp³-hybridized carbons (Fsp3) is 0.650. The van der Waals surface area contributed by atoms with Crippen molar-refractivity contribution in [2.75, 3.05) is 26.3 Å². The second-order valence-electron chi connectivity index (χ2n) is 7.43. The smallest absolute Gasteiger partial charge is 0.317 e. The Hall–Kier alpha value is -1.59. The van der Waals surface area contributed by atoms with Crippen molar-refractivity contribution in [3.63, 3.8) is 0 Å². The van der Waals surface area contributed by atoms with Crippen LogP contribution >= 0.6 is 0 Å². The zero-order chi connectivity index (χ0) is 18.2. The minimum Gasteiger partial charge on any atom is -0.393 e. The highest BCUT2D eigenvalue weighted by Crippen LogP contribution is 2.21. The molecule has 3 atom stereocenters. The summed E-state index contributed by atoms with van der Waals surface area (Å²) in [5.41, 5.74) is 1.14. The largest absolute Gasteiger partial charge is 0.393 e. The number of nitrogens with zero attached hydrogens (tertiary/aromatic N) is 1. The molecule has 2 rings (SSSR count). The molecule has 25 heavy (non-hydrogen) atoms. The highest BCUT2D eigenvalue weighted by Gasteiger charge is 2.28. The van der Waals surface area contributed by atoms with E-state index in [1.165, 1.54) is 0 Å². The number of carbonyl (C=O) groups is 1. The molecular weight excluding hydrogens is 316 g/mol. The van der Waals surface area contributed by atoms with Gasteiger partial charge in [-0.05, 0) is 31.2 Å². The first-order valence-corrected chi connectivity index (χ1v) is 9.32. The zero-order valence-electron chi connectivity index (χ0n) is 15.6. The fourth-order valence-electron chi connectivity index (χ4n) is 3.45. The zero-order valence-corrected chi connectivity index (χ0v) is 15.6. The quantitative estimate of drug-likeness (QED) is 0.796. The Morgan fingerprint density at radius 3 is 2.68 bits per heavy atom. The third-order valence-corrected chi connectivity index (χ3v) is 4.63. The number of aliphatic hydroxyl groups excluding tert-OH is 1. The van der Waals surface area contributed by atoms with Crippen molar-refractivity contribution < 1.29 is 14.6 Å². The molecule has 140 valence electrons. The molecule has 5 heteroatoms. The van der Waals surface area contributed by atoms with Crippen LogP contribution in [0.1, 0.15) is 45.1 Å². The molecule has 1 fully saturated rings. The van der Waals surface area contributed by atoms with Crippen molar-refractivity contribution >= 4 is 6.03 Å². The Labute approximate surface area is 151 Å². The molecule has 1 saturated heterocycles. The summed E-state index contributed by atoms with van der Waals surface area (Å²) >= 11 is 0. The van der Waals surface area contributed by atoms with E-state index in [4.69, 9.17) is 4.74 Å². The lowest BCUT2D eigenvalue weighted by atomic mass is 9.93. The van der Waals surface area contributed by atoms with Gasteiger partial charge in [-0.25, -0.2) is 4.79 Å². The van der Waals surface area contributed by atoms with Crippen molar-refractivity contribution in [1.82, 2.24) is 10.2 Å². The summed E-state index contributed by atoms with van der Waals surface area (Å²) in [6.07, 6.45) is 1.17. The molecule has 0 aliphatic carbocycles. The van der Waals surface area contributed by atoms with Crippen LogP contribution in [0.2, 0.25) is 0 Å². The Balaban J connectivity index is 1.97. The van der Waals surface area contributed by atoms with E-state index >= 15 is 0 Å². The Bertz CT molecular complexity index is 519. The van der Waals surface area contributed by atoms with Gasteiger partial charge in [-0.1, -0.05) is 44.2 Å². The van der Waals surface area contributed by atoms with Gasteiger partial charge in [0.2, 0.25) is 0 Å². The lowest BCUT2D eigenvalue weighted by Crippen LogP contribution is -2.53. The van der Waals surface area contributed by atoms with Crippen LogP contribution < -0.4 is 5.32 Å². The molecule has 1 aromatic rings. The van der Waals surface area contributed by atoms with Crippen molar-refractivity contribution in [3.05, 3.63) is 35.9 Å². The van der Waals surface area contributed by atoms with Gasteiger partial charge in [-0.15, -0.1) is 0 Å². The number of ether oxygens (including phenoxy) is 1. The first kappa shape index (κ1) is 19.7. The number of amides is 2. The molecule has 0 bridgehead atoms. The number of nitrogens with one attached hydrogen (secondary N) is 1. The molecule has 0 saturated carbocycles. The first-order valence-electron chi connectivity index (χ1n) is 9.32. The number of urea groups is 1. The molecule has 0 aromatic heterocycles. The molecule has 2 amide bonds. The summed E-state index contributed by atoms with van der Waals surface area (Å²) in [5, 5.41) is 12.9. The second-order valence-corrected chi connectivity index (χ2v) is 7.43. The van der Waals surface area contributed by atoms with E-state index in [2.05, 4.69) is 31.3 Å². The van der Waals surface area contributed by atoms with E-state index in [0.29, 0.717) is 38.6 Å². The number of rotatable bonds is 7. The van der Waals surface area contributed by atoms with Crippen LogP contribution in [0.3, 0.4) is 0 Å². The summed E-state index contributed by atoms with van der Waals surface area (Å²) in [6.45, 7) is 8.49. The fourth-order valence-corrected chi connectivity index (χ4v) is 3.45. The number of hydrogen-bond acceptors (Lipinski definition) is 3. The normalized spacial score (nSPS) is 20.4. The van der Waals surface area contributed by atoms with Crippen LogP contribution in [0, 0.1) is 5.92 Å². The van der Waals surface area contributed by atoms with Gasteiger partial charge in [0.05, 0.1) is 25.4 Å². The topological polar surface area (TPSA) is 61.8 Å². The van der Waals surface area contributed by atoms with Gasteiger partial charge in [0.1, 0.15) is 0 Å². The van der Waals surface area contributed by atoms with Crippen LogP contribution in [0.25, 0.3) is 0 Å². The molecular formula is C20H32N2O3. The van der Waals surface area contributed by atoms with Gasteiger partial charge >= 0.3 is 6.03 Å². The van der Waals surface area contributed by atoms with Crippen LogP contribution in [-0.4, -0.2) is 54.5 Å². The SMILES string of the molecule is CC(C)CC1COCCN1C(=O)NCC(CC(C)O)c1ccccc1. The molecule has 3 unspecified atom stereocenters. The second kappa shape index (κ2) is 9.78. The standard InChI is InChI=1S/C20H32N2O3/c1-15(2)11-19-14-25-10-9-22(19)20(24)21-13-18(12-16(3)23)17-7-5-4-6-8-17/h4-8,15-16,18-19,23H,9-14H2,1-3H3,(H,21,24). The highest BCUT2D eigenvalue weighted by atomic mass is 16.5. The Morgan fingerprint density at radius 1 is 1.32 bits per heavy atom. The number of carbonyl (C=O) groups excluding carboxylic acids is 1. The highest BCUT2D eigenvalue weighted by molar-refractivity contribution is 5.74.